The Kier molecular flexibility index (Phi) is 5.44. The van der Waals surface area contributed by atoms with Crippen LogP contribution in [-0.4, -0.2) is 0 Å². The third-order valence-electron chi connectivity index (χ3n) is 7.91. The van der Waals surface area contributed by atoms with Crippen molar-refractivity contribution in [3.63, 3.8) is 0 Å². The van der Waals surface area contributed by atoms with Crippen molar-refractivity contribution in [2.45, 2.75) is 32.7 Å². The SMILES string of the molecule is C=C1Cc2ccccc2-c2cccc[n+]2CCc2ccc3c(oc4ccccc43)c2-c2cc(CC)cc[n+]21. The van der Waals surface area contributed by atoms with E-state index >= 15 is 0 Å². The Balaban J connectivity index is 1.55. The molecule has 1 aliphatic rings. The van der Waals surface area contributed by atoms with Crippen LogP contribution >= 0.6 is 0 Å². The van der Waals surface area contributed by atoms with Gasteiger partial charge in [0.05, 0.1) is 12.0 Å². The first-order chi connectivity index (χ1) is 18.7. The zero-order valence-electron chi connectivity index (χ0n) is 21.7. The van der Waals surface area contributed by atoms with Gasteiger partial charge in [0.15, 0.2) is 24.6 Å². The second kappa shape index (κ2) is 9.11. The van der Waals surface area contributed by atoms with Gasteiger partial charge in [0.25, 0.3) is 0 Å². The van der Waals surface area contributed by atoms with Crippen molar-refractivity contribution in [2.75, 3.05) is 0 Å². The summed E-state index contributed by atoms with van der Waals surface area (Å²) < 4.78 is 11.3. The molecule has 0 unspecified atom stereocenters. The van der Waals surface area contributed by atoms with Gasteiger partial charge < -0.3 is 4.42 Å². The fourth-order valence-electron chi connectivity index (χ4n) is 5.94. The van der Waals surface area contributed by atoms with E-state index in [9.17, 15) is 0 Å². The van der Waals surface area contributed by atoms with Crippen molar-refractivity contribution in [3.8, 4) is 22.5 Å². The van der Waals surface area contributed by atoms with E-state index in [1.165, 1.54) is 33.5 Å². The van der Waals surface area contributed by atoms with Gasteiger partial charge in [0.1, 0.15) is 11.2 Å². The molecule has 3 nitrogen and oxygen atoms in total. The molecule has 3 aromatic heterocycles. The van der Waals surface area contributed by atoms with E-state index in [2.05, 4.69) is 120 Å². The Hall–Kier alpha value is -4.50. The van der Waals surface area contributed by atoms with Crippen molar-refractivity contribution in [1.29, 1.82) is 0 Å². The van der Waals surface area contributed by atoms with Gasteiger partial charge in [-0.1, -0.05) is 55.5 Å². The number of pyridine rings is 2. The Morgan fingerprint density at radius 2 is 1.63 bits per heavy atom. The molecule has 0 amide bonds. The largest absolute Gasteiger partial charge is 0.455 e. The highest BCUT2D eigenvalue weighted by Crippen LogP contribution is 2.38. The van der Waals surface area contributed by atoms with Crippen LogP contribution < -0.4 is 9.13 Å². The fraction of sp³-hybridized carbons (Fsp3) is 0.143. The lowest BCUT2D eigenvalue weighted by Gasteiger charge is -2.15. The minimum Gasteiger partial charge on any atom is -0.455 e. The normalized spacial score (nSPS) is 13.2. The van der Waals surface area contributed by atoms with Gasteiger partial charge in [0.2, 0.25) is 11.4 Å². The molecule has 1 aliphatic heterocycles. The van der Waals surface area contributed by atoms with Crippen LogP contribution in [0.5, 0.6) is 0 Å². The summed E-state index contributed by atoms with van der Waals surface area (Å²) >= 11 is 0. The molecule has 38 heavy (non-hydrogen) atoms. The molecule has 6 aromatic rings. The lowest BCUT2D eigenvalue weighted by atomic mass is 9.94. The van der Waals surface area contributed by atoms with E-state index in [0.29, 0.717) is 0 Å². The molecule has 0 radical (unpaired) electrons. The first kappa shape index (κ1) is 22.7. The maximum Gasteiger partial charge on any atom is 0.222 e. The van der Waals surface area contributed by atoms with Gasteiger partial charge in [0, 0.05) is 47.0 Å². The van der Waals surface area contributed by atoms with Gasteiger partial charge in [-0.2, -0.15) is 9.13 Å². The zero-order chi connectivity index (χ0) is 25.6. The molecule has 0 N–H and O–H groups in total. The number of benzene rings is 3. The first-order valence-electron chi connectivity index (χ1n) is 13.4. The Morgan fingerprint density at radius 3 is 2.55 bits per heavy atom. The van der Waals surface area contributed by atoms with Gasteiger partial charge in [-0.3, -0.25) is 0 Å². The first-order valence-corrected chi connectivity index (χ1v) is 13.4. The van der Waals surface area contributed by atoms with E-state index in [4.69, 9.17) is 4.42 Å². The summed E-state index contributed by atoms with van der Waals surface area (Å²) in [6.45, 7) is 7.70. The van der Waals surface area contributed by atoms with Crippen LogP contribution in [0.15, 0.2) is 114 Å². The molecule has 0 atom stereocenters. The number of hydrogen-bond acceptors (Lipinski definition) is 1. The third kappa shape index (κ3) is 3.66. The van der Waals surface area contributed by atoms with Crippen LogP contribution in [0, 0.1) is 0 Å². The maximum absolute atomic E-state index is 6.62. The Bertz CT molecular complexity index is 1860. The molecule has 3 aromatic carbocycles. The number of hydrogen-bond donors (Lipinski definition) is 0. The summed E-state index contributed by atoms with van der Waals surface area (Å²) in [4.78, 5) is 0. The third-order valence-corrected chi connectivity index (χ3v) is 7.91. The quantitative estimate of drug-likeness (QED) is 0.219. The second-order valence-electron chi connectivity index (χ2n) is 10.1. The molecule has 0 saturated heterocycles. The summed E-state index contributed by atoms with van der Waals surface area (Å²) in [5.74, 6) is 0. The molecular formula is C35H30N2O+2. The second-order valence-corrected chi connectivity index (χ2v) is 10.1. The highest BCUT2D eigenvalue weighted by atomic mass is 16.3. The number of furan rings is 1. The van der Waals surface area contributed by atoms with Gasteiger partial charge >= 0.3 is 0 Å². The van der Waals surface area contributed by atoms with E-state index < -0.39 is 0 Å². The molecule has 184 valence electrons. The highest BCUT2D eigenvalue weighted by molar-refractivity contribution is 6.09. The molecule has 0 aliphatic carbocycles. The lowest BCUT2D eigenvalue weighted by Crippen LogP contribution is -2.39. The molecular weight excluding hydrogens is 464 g/mol. The Morgan fingerprint density at radius 1 is 0.789 bits per heavy atom. The summed E-state index contributed by atoms with van der Waals surface area (Å²) in [6, 6.07) is 32.6. The summed E-state index contributed by atoms with van der Waals surface area (Å²) in [5.41, 5.74) is 11.6. The number of para-hydroxylation sites is 1. The Labute approximate surface area is 222 Å². The molecule has 7 rings (SSSR count). The van der Waals surface area contributed by atoms with Crippen LogP contribution in [0.25, 0.3) is 50.2 Å². The van der Waals surface area contributed by atoms with Gasteiger partial charge in [-0.25, -0.2) is 0 Å². The predicted octanol–water partition coefficient (Wildman–Crippen LogP) is 7.33. The number of nitrogens with zero attached hydrogens (tertiary/aromatic N) is 2. The summed E-state index contributed by atoms with van der Waals surface area (Å²) in [6.07, 6.45) is 7.00. The lowest BCUT2D eigenvalue weighted by molar-refractivity contribution is -0.685. The van der Waals surface area contributed by atoms with E-state index in [0.717, 1.165) is 59.1 Å². The van der Waals surface area contributed by atoms with Crippen LogP contribution in [0.1, 0.15) is 23.6 Å². The molecule has 0 fully saturated rings. The highest BCUT2D eigenvalue weighted by Gasteiger charge is 2.28. The smallest absolute Gasteiger partial charge is 0.222 e. The van der Waals surface area contributed by atoms with E-state index in [1.807, 2.05) is 6.07 Å². The van der Waals surface area contributed by atoms with Gasteiger partial charge in [-0.05, 0) is 47.9 Å². The average molecular weight is 495 g/mol. The fourth-order valence-corrected chi connectivity index (χ4v) is 5.94. The van der Waals surface area contributed by atoms with Crippen molar-refractivity contribution in [2.24, 2.45) is 0 Å². The standard InChI is InChI=1S/C35H30N2O/c1-3-25-17-21-37-24(2)22-27-10-4-5-11-28(27)31-13-8-9-19-36(31)20-18-26-15-16-30-29-12-6-7-14-33(29)38-35(30)34(26)32(37)23-25/h4-17,19,21,23H,2-3,18,20,22H2,1H3/q+2. The minimum absolute atomic E-state index is 0.750. The molecule has 0 saturated carbocycles. The number of rotatable bonds is 1. The van der Waals surface area contributed by atoms with E-state index in [-0.39, 0.29) is 0 Å². The monoisotopic (exact) mass is 494 g/mol. The zero-order valence-corrected chi connectivity index (χ0v) is 21.7. The van der Waals surface area contributed by atoms with Crippen molar-refractivity contribution in [1.82, 2.24) is 0 Å². The number of aromatic nitrogens is 2. The number of allylic oxidation sites excluding steroid dienone is 1. The van der Waals surface area contributed by atoms with Crippen molar-refractivity contribution < 1.29 is 13.6 Å². The molecule has 4 heterocycles. The van der Waals surface area contributed by atoms with E-state index in [1.54, 1.807) is 0 Å². The number of aryl methyl sites for hydroxylation is 3. The maximum atomic E-state index is 6.62. The molecule has 3 heteroatoms. The topological polar surface area (TPSA) is 20.9 Å². The van der Waals surface area contributed by atoms with Crippen LogP contribution in [0.3, 0.4) is 0 Å². The number of fused-ring (bicyclic) bond motifs is 10. The van der Waals surface area contributed by atoms with Crippen molar-refractivity contribution >= 4 is 27.6 Å². The van der Waals surface area contributed by atoms with Gasteiger partial charge in [-0.15, -0.1) is 0 Å². The average Bonchev–Trinajstić information content (AvgIpc) is 3.34. The summed E-state index contributed by atoms with van der Waals surface area (Å²) in [5, 5.41) is 2.31. The van der Waals surface area contributed by atoms with Crippen LogP contribution in [0.2, 0.25) is 0 Å². The van der Waals surface area contributed by atoms with Crippen LogP contribution in [-0.2, 0) is 25.8 Å². The molecule has 0 spiro atoms. The van der Waals surface area contributed by atoms with Crippen LogP contribution in [0.4, 0.5) is 0 Å². The minimum atomic E-state index is 0.750. The molecule has 0 bridgehead atoms. The summed E-state index contributed by atoms with van der Waals surface area (Å²) in [7, 11) is 0. The predicted molar refractivity (Wildman–Crippen MR) is 154 cm³/mol. The van der Waals surface area contributed by atoms with Crippen molar-refractivity contribution in [3.05, 3.63) is 127 Å².